The van der Waals surface area contributed by atoms with Crippen LogP contribution < -0.4 is 5.32 Å². The van der Waals surface area contributed by atoms with Gasteiger partial charge in [0, 0.05) is 35.4 Å². The van der Waals surface area contributed by atoms with E-state index in [1.807, 2.05) is 74.5 Å². The number of carbonyl (C=O) groups is 1. The summed E-state index contributed by atoms with van der Waals surface area (Å²) in [5.41, 5.74) is 5.61. The van der Waals surface area contributed by atoms with Crippen LogP contribution in [0.15, 0.2) is 79.3 Å². The Morgan fingerprint density at radius 2 is 1.66 bits per heavy atom. The number of nitrogens with zero attached hydrogens (tertiary/aromatic N) is 3. The molecule has 1 amide bonds. The third-order valence-electron chi connectivity index (χ3n) is 4.65. The minimum Gasteiger partial charge on any atom is -0.322 e. The molecule has 0 unspecified atom stereocenters. The molecule has 4 aromatic rings. The number of anilines is 1. The second-order valence-electron chi connectivity index (χ2n) is 6.83. The van der Waals surface area contributed by atoms with Crippen LogP contribution in [0.1, 0.15) is 21.5 Å². The highest BCUT2D eigenvalue weighted by Crippen LogP contribution is 2.25. The van der Waals surface area contributed by atoms with Crippen LogP contribution in [-0.2, 0) is 0 Å². The molecule has 2 aromatic heterocycles. The maximum atomic E-state index is 13.1. The second kappa shape index (κ2) is 8.02. The molecule has 2 aromatic carbocycles. The van der Waals surface area contributed by atoms with E-state index in [0.717, 1.165) is 27.9 Å². The van der Waals surface area contributed by atoms with Crippen molar-refractivity contribution >= 4 is 11.6 Å². The van der Waals surface area contributed by atoms with Gasteiger partial charge in [-0.1, -0.05) is 48.0 Å². The van der Waals surface area contributed by atoms with Crippen molar-refractivity contribution in [1.82, 2.24) is 15.0 Å². The monoisotopic (exact) mass is 380 g/mol. The number of aryl methyl sites for hydroxylation is 2. The molecule has 0 aliphatic carbocycles. The average Bonchev–Trinajstić information content (AvgIpc) is 2.76. The fourth-order valence-electron chi connectivity index (χ4n) is 3.15. The van der Waals surface area contributed by atoms with E-state index in [9.17, 15) is 4.79 Å². The Morgan fingerprint density at radius 3 is 2.38 bits per heavy atom. The lowest BCUT2D eigenvalue weighted by Gasteiger charge is -2.13. The average molecular weight is 380 g/mol. The summed E-state index contributed by atoms with van der Waals surface area (Å²) in [6, 6.07) is 19.3. The van der Waals surface area contributed by atoms with Gasteiger partial charge in [0.1, 0.15) is 0 Å². The van der Waals surface area contributed by atoms with Crippen LogP contribution in [0.3, 0.4) is 0 Å². The first kappa shape index (κ1) is 18.5. The van der Waals surface area contributed by atoms with Gasteiger partial charge in [-0.25, -0.2) is 9.97 Å². The molecule has 0 spiro atoms. The largest absolute Gasteiger partial charge is 0.322 e. The van der Waals surface area contributed by atoms with Crippen LogP contribution in [0.5, 0.6) is 0 Å². The summed E-state index contributed by atoms with van der Waals surface area (Å²) in [6.45, 7) is 4.00. The molecule has 0 fully saturated rings. The quantitative estimate of drug-likeness (QED) is 0.536. The number of hydrogen-bond donors (Lipinski definition) is 1. The Bertz CT molecular complexity index is 1160. The van der Waals surface area contributed by atoms with E-state index in [4.69, 9.17) is 4.98 Å². The number of hydrogen-bond acceptors (Lipinski definition) is 4. The lowest BCUT2D eigenvalue weighted by molar-refractivity contribution is 0.102. The second-order valence-corrected chi connectivity index (χ2v) is 6.83. The lowest BCUT2D eigenvalue weighted by Crippen LogP contribution is -2.15. The predicted octanol–water partition coefficient (Wildman–Crippen LogP) is 5.07. The van der Waals surface area contributed by atoms with Gasteiger partial charge in [-0.15, -0.1) is 0 Å². The summed E-state index contributed by atoms with van der Waals surface area (Å²) in [5.74, 6) is 0.323. The van der Waals surface area contributed by atoms with Gasteiger partial charge in [-0.05, 0) is 37.6 Å². The number of carbonyl (C=O) groups excluding carboxylic acids is 1. The van der Waals surface area contributed by atoms with Crippen LogP contribution in [-0.4, -0.2) is 20.9 Å². The zero-order chi connectivity index (χ0) is 20.2. The maximum Gasteiger partial charge on any atom is 0.259 e. The van der Waals surface area contributed by atoms with Crippen LogP contribution in [0.4, 0.5) is 5.69 Å². The lowest BCUT2D eigenvalue weighted by atomic mass is 10.1. The minimum absolute atomic E-state index is 0.247. The SMILES string of the molecule is Cc1ccc(NC(=O)c2cnc(-c3ccccc3)nc2-c2ccncc2)c(C)c1. The molecule has 29 heavy (non-hydrogen) atoms. The Labute approximate surface area is 169 Å². The summed E-state index contributed by atoms with van der Waals surface area (Å²) >= 11 is 0. The van der Waals surface area contributed by atoms with Crippen LogP contribution in [0.25, 0.3) is 22.6 Å². The van der Waals surface area contributed by atoms with Crippen molar-refractivity contribution in [3.05, 3.63) is 95.9 Å². The van der Waals surface area contributed by atoms with Gasteiger partial charge >= 0.3 is 0 Å². The van der Waals surface area contributed by atoms with Crippen molar-refractivity contribution in [2.75, 3.05) is 5.32 Å². The molecule has 0 bridgehead atoms. The minimum atomic E-state index is -0.247. The number of benzene rings is 2. The Hall–Kier alpha value is -3.86. The molecule has 1 N–H and O–H groups in total. The summed E-state index contributed by atoms with van der Waals surface area (Å²) in [5, 5.41) is 2.99. The number of nitrogens with one attached hydrogen (secondary N) is 1. The Kier molecular flexibility index (Phi) is 5.12. The summed E-state index contributed by atoms with van der Waals surface area (Å²) in [4.78, 5) is 26.3. The van der Waals surface area contributed by atoms with Crippen molar-refractivity contribution in [2.24, 2.45) is 0 Å². The normalized spacial score (nSPS) is 10.6. The molecule has 142 valence electrons. The summed E-state index contributed by atoms with van der Waals surface area (Å²) in [7, 11) is 0. The Morgan fingerprint density at radius 1 is 0.897 bits per heavy atom. The van der Waals surface area contributed by atoms with Gasteiger partial charge in [0.25, 0.3) is 5.91 Å². The molecule has 0 atom stereocenters. The van der Waals surface area contributed by atoms with Gasteiger partial charge in [0.2, 0.25) is 0 Å². The van der Waals surface area contributed by atoms with E-state index in [1.165, 1.54) is 0 Å². The maximum absolute atomic E-state index is 13.1. The fourth-order valence-corrected chi connectivity index (χ4v) is 3.15. The molecule has 0 aliphatic rings. The van der Waals surface area contributed by atoms with E-state index in [0.29, 0.717) is 17.1 Å². The fraction of sp³-hybridized carbons (Fsp3) is 0.0833. The van der Waals surface area contributed by atoms with Gasteiger partial charge in [0.05, 0.1) is 11.3 Å². The van der Waals surface area contributed by atoms with Crippen molar-refractivity contribution in [2.45, 2.75) is 13.8 Å². The van der Waals surface area contributed by atoms with E-state index in [1.54, 1.807) is 18.6 Å². The van der Waals surface area contributed by atoms with Crippen LogP contribution in [0, 0.1) is 13.8 Å². The molecule has 5 nitrogen and oxygen atoms in total. The zero-order valence-electron chi connectivity index (χ0n) is 16.3. The molecule has 0 aliphatic heterocycles. The van der Waals surface area contributed by atoms with Gasteiger partial charge < -0.3 is 5.32 Å². The number of rotatable bonds is 4. The molecule has 0 radical (unpaired) electrons. The number of aromatic nitrogens is 3. The summed E-state index contributed by atoms with van der Waals surface area (Å²) in [6.07, 6.45) is 4.96. The highest BCUT2D eigenvalue weighted by molar-refractivity contribution is 6.08. The molecular formula is C24H20N4O. The third kappa shape index (κ3) is 4.04. The van der Waals surface area contributed by atoms with E-state index in [-0.39, 0.29) is 5.91 Å². The highest BCUT2D eigenvalue weighted by atomic mass is 16.1. The van der Waals surface area contributed by atoms with Crippen LogP contribution in [0.2, 0.25) is 0 Å². The standard InChI is InChI=1S/C24H20N4O/c1-16-8-9-21(17(2)14-16)27-24(29)20-15-26-23(19-6-4-3-5-7-19)28-22(20)18-10-12-25-13-11-18/h3-15H,1-2H3,(H,27,29). The van der Waals surface area contributed by atoms with Crippen molar-refractivity contribution in [1.29, 1.82) is 0 Å². The molecule has 0 saturated carbocycles. The van der Waals surface area contributed by atoms with E-state index < -0.39 is 0 Å². The number of amides is 1. The third-order valence-corrected chi connectivity index (χ3v) is 4.65. The Balaban J connectivity index is 1.77. The van der Waals surface area contributed by atoms with E-state index in [2.05, 4.69) is 15.3 Å². The number of pyridine rings is 1. The predicted molar refractivity (Wildman–Crippen MR) is 115 cm³/mol. The smallest absolute Gasteiger partial charge is 0.259 e. The first-order valence-corrected chi connectivity index (χ1v) is 9.33. The van der Waals surface area contributed by atoms with E-state index >= 15 is 0 Å². The first-order chi connectivity index (χ1) is 14.1. The zero-order valence-corrected chi connectivity index (χ0v) is 16.3. The first-order valence-electron chi connectivity index (χ1n) is 9.33. The molecule has 4 rings (SSSR count). The molecule has 2 heterocycles. The topological polar surface area (TPSA) is 67.8 Å². The molecule has 5 heteroatoms. The van der Waals surface area contributed by atoms with Crippen molar-refractivity contribution < 1.29 is 4.79 Å². The highest BCUT2D eigenvalue weighted by Gasteiger charge is 2.18. The van der Waals surface area contributed by atoms with Gasteiger partial charge in [-0.3, -0.25) is 9.78 Å². The van der Waals surface area contributed by atoms with Gasteiger partial charge in [-0.2, -0.15) is 0 Å². The van der Waals surface area contributed by atoms with Crippen molar-refractivity contribution in [3.8, 4) is 22.6 Å². The van der Waals surface area contributed by atoms with Gasteiger partial charge in [0.15, 0.2) is 5.82 Å². The summed E-state index contributed by atoms with van der Waals surface area (Å²) < 4.78 is 0. The molecular weight excluding hydrogens is 360 g/mol. The van der Waals surface area contributed by atoms with Crippen molar-refractivity contribution in [3.63, 3.8) is 0 Å². The van der Waals surface area contributed by atoms with Crippen LogP contribution >= 0.6 is 0 Å². The molecule has 0 saturated heterocycles.